The summed E-state index contributed by atoms with van der Waals surface area (Å²) in [7, 11) is 1.61. The van der Waals surface area contributed by atoms with Crippen LogP contribution in [0.25, 0.3) is 22.3 Å². The van der Waals surface area contributed by atoms with E-state index in [1.807, 2.05) is 24.3 Å². The SMILES string of the molecule is C1CC1.CCOC(=O)NC1CCC(NC(=O)c2c[nH]c3c(-c4ccccc4OC)ncnc23)CC1. The number of methoxy groups -OCH3 is 1. The van der Waals surface area contributed by atoms with Crippen LogP contribution in [0.2, 0.25) is 0 Å². The van der Waals surface area contributed by atoms with Crippen molar-refractivity contribution in [3.8, 4) is 17.0 Å². The van der Waals surface area contributed by atoms with Crippen molar-refractivity contribution >= 4 is 23.0 Å². The van der Waals surface area contributed by atoms with Crippen molar-refractivity contribution < 1.29 is 19.1 Å². The fourth-order valence-electron chi connectivity index (χ4n) is 4.14. The van der Waals surface area contributed by atoms with E-state index in [2.05, 4.69) is 25.6 Å². The van der Waals surface area contributed by atoms with Gasteiger partial charge >= 0.3 is 6.09 Å². The van der Waals surface area contributed by atoms with Crippen LogP contribution in [0.4, 0.5) is 4.79 Å². The molecule has 9 heteroatoms. The van der Waals surface area contributed by atoms with E-state index in [1.165, 1.54) is 25.6 Å². The quantitative estimate of drug-likeness (QED) is 0.476. The summed E-state index contributed by atoms with van der Waals surface area (Å²) in [6, 6.07) is 7.72. The molecular weight excluding hydrogens is 446 g/mol. The number of nitrogens with one attached hydrogen (secondary N) is 3. The number of aromatic amines is 1. The van der Waals surface area contributed by atoms with Crippen LogP contribution >= 0.6 is 0 Å². The Morgan fingerprint density at radius 1 is 1.03 bits per heavy atom. The lowest BCUT2D eigenvalue weighted by atomic mass is 9.91. The lowest BCUT2D eigenvalue weighted by molar-refractivity contribution is 0.0923. The molecule has 1 aromatic carbocycles. The summed E-state index contributed by atoms with van der Waals surface area (Å²) < 4.78 is 10.4. The summed E-state index contributed by atoms with van der Waals surface area (Å²) in [5.41, 5.74) is 3.23. The Labute approximate surface area is 205 Å². The zero-order chi connectivity index (χ0) is 24.6. The first-order chi connectivity index (χ1) is 17.1. The van der Waals surface area contributed by atoms with Crippen LogP contribution < -0.4 is 15.4 Å². The summed E-state index contributed by atoms with van der Waals surface area (Å²) >= 11 is 0. The Bertz CT molecular complexity index is 1150. The smallest absolute Gasteiger partial charge is 0.407 e. The molecule has 2 fully saturated rings. The molecule has 2 heterocycles. The molecule has 2 aromatic heterocycles. The first-order valence-electron chi connectivity index (χ1n) is 12.3. The molecule has 0 atom stereocenters. The highest BCUT2D eigenvalue weighted by molar-refractivity contribution is 6.07. The lowest BCUT2D eigenvalue weighted by Gasteiger charge is -2.29. The average Bonchev–Trinajstić information content (AvgIpc) is 3.70. The topological polar surface area (TPSA) is 118 Å². The van der Waals surface area contributed by atoms with E-state index in [0.717, 1.165) is 31.2 Å². The van der Waals surface area contributed by atoms with Gasteiger partial charge in [0.2, 0.25) is 0 Å². The number of carbonyl (C=O) groups is 2. The highest BCUT2D eigenvalue weighted by atomic mass is 16.5. The number of nitrogens with zero attached hydrogens (tertiary/aromatic N) is 2. The molecule has 9 nitrogen and oxygen atoms in total. The Morgan fingerprint density at radius 2 is 1.71 bits per heavy atom. The van der Waals surface area contributed by atoms with E-state index < -0.39 is 0 Å². The largest absolute Gasteiger partial charge is 0.496 e. The van der Waals surface area contributed by atoms with E-state index in [1.54, 1.807) is 20.2 Å². The van der Waals surface area contributed by atoms with Gasteiger partial charge in [0.1, 0.15) is 23.3 Å². The van der Waals surface area contributed by atoms with Gasteiger partial charge in [-0.2, -0.15) is 0 Å². The number of para-hydroxylation sites is 1. The number of carbonyl (C=O) groups excluding carboxylic acids is 2. The fourth-order valence-corrected chi connectivity index (χ4v) is 4.14. The molecule has 2 amide bonds. The third kappa shape index (κ3) is 6.29. The highest BCUT2D eigenvalue weighted by Crippen LogP contribution is 2.33. The summed E-state index contributed by atoms with van der Waals surface area (Å²) in [4.78, 5) is 36.5. The van der Waals surface area contributed by atoms with Gasteiger partial charge in [-0.05, 0) is 44.7 Å². The number of hydrogen-bond acceptors (Lipinski definition) is 6. The molecule has 0 aliphatic heterocycles. The molecule has 2 saturated carbocycles. The molecule has 35 heavy (non-hydrogen) atoms. The minimum absolute atomic E-state index is 0.0446. The van der Waals surface area contributed by atoms with Gasteiger partial charge in [0.05, 0.1) is 24.8 Å². The van der Waals surface area contributed by atoms with E-state index >= 15 is 0 Å². The van der Waals surface area contributed by atoms with Gasteiger partial charge in [0.15, 0.2) is 0 Å². The maximum absolute atomic E-state index is 13.0. The molecule has 0 unspecified atom stereocenters. The maximum atomic E-state index is 13.0. The van der Waals surface area contributed by atoms with Crippen molar-refractivity contribution in [3.63, 3.8) is 0 Å². The Hall–Kier alpha value is -3.62. The second kappa shape index (κ2) is 11.7. The molecule has 2 aliphatic rings. The van der Waals surface area contributed by atoms with Gasteiger partial charge in [-0.25, -0.2) is 14.8 Å². The second-order valence-electron chi connectivity index (χ2n) is 8.80. The molecule has 0 saturated heterocycles. The van der Waals surface area contributed by atoms with Gasteiger partial charge in [-0.1, -0.05) is 31.4 Å². The molecule has 0 radical (unpaired) electrons. The van der Waals surface area contributed by atoms with Crippen LogP contribution in [0.5, 0.6) is 5.75 Å². The van der Waals surface area contributed by atoms with Gasteiger partial charge in [0, 0.05) is 23.8 Å². The van der Waals surface area contributed by atoms with Crippen LogP contribution in [0.15, 0.2) is 36.8 Å². The molecule has 0 bridgehead atoms. The molecule has 186 valence electrons. The number of H-pyrrole nitrogens is 1. The number of alkyl carbamates (subject to hydrolysis) is 1. The minimum atomic E-state index is -0.385. The Morgan fingerprint density at radius 3 is 2.37 bits per heavy atom. The van der Waals surface area contributed by atoms with Crippen LogP contribution in [0.3, 0.4) is 0 Å². The number of benzene rings is 1. The van der Waals surface area contributed by atoms with Crippen molar-refractivity contribution in [3.05, 3.63) is 42.4 Å². The molecule has 3 N–H and O–H groups in total. The maximum Gasteiger partial charge on any atom is 0.407 e. The fraction of sp³-hybridized carbons (Fsp3) is 0.462. The number of aromatic nitrogens is 3. The van der Waals surface area contributed by atoms with Crippen LogP contribution in [-0.2, 0) is 4.74 Å². The van der Waals surface area contributed by atoms with Gasteiger partial charge < -0.3 is 25.1 Å². The highest BCUT2D eigenvalue weighted by Gasteiger charge is 2.26. The third-order valence-corrected chi connectivity index (χ3v) is 6.08. The van der Waals surface area contributed by atoms with Gasteiger partial charge in [-0.15, -0.1) is 0 Å². The molecule has 0 spiro atoms. The first-order valence-corrected chi connectivity index (χ1v) is 12.3. The molecule has 3 aromatic rings. The summed E-state index contributed by atoms with van der Waals surface area (Å²) in [6.45, 7) is 2.13. The lowest BCUT2D eigenvalue weighted by Crippen LogP contribution is -2.43. The number of rotatable bonds is 6. The van der Waals surface area contributed by atoms with Gasteiger partial charge in [-0.3, -0.25) is 4.79 Å². The standard InChI is InChI=1S/C23H27N5O4.C3H6/c1-3-32-23(30)28-15-10-8-14(9-11-15)27-22(29)17-12-24-21-19(25-13-26-20(17)21)16-6-4-5-7-18(16)31-2;1-2-3-1/h4-7,12-15,24H,3,8-11H2,1-2H3,(H,27,29)(H,28,30);1-3H2. The first kappa shape index (κ1) is 24.5. The zero-order valence-corrected chi connectivity index (χ0v) is 20.3. The van der Waals surface area contributed by atoms with Crippen LogP contribution in [0, 0.1) is 0 Å². The number of fused-ring (bicyclic) bond motifs is 1. The second-order valence-corrected chi connectivity index (χ2v) is 8.80. The van der Waals surface area contributed by atoms with Crippen molar-refractivity contribution in [1.29, 1.82) is 0 Å². The monoisotopic (exact) mass is 479 g/mol. The molecule has 5 rings (SSSR count). The van der Waals surface area contributed by atoms with E-state index in [4.69, 9.17) is 9.47 Å². The normalized spacial score (nSPS) is 18.7. The summed E-state index contributed by atoms with van der Waals surface area (Å²) in [5.74, 6) is 0.518. The van der Waals surface area contributed by atoms with E-state index in [9.17, 15) is 9.59 Å². The van der Waals surface area contributed by atoms with Crippen molar-refractivity contribution in [2.75, 3.05) is 13.7 Å². The Kier molecular flexibility index (Phi) is 8.18. The van der Waals surface area contributed by atoms with Crippen LogP contribution in [0.1, 0.15) is 62.2 Å². The van der Waals surface area contributed by atoms with Crippen molar-refractivity contribution in [2.45, 2.75) is 64.0 Å². The van der Waals surface area contributed by atoms with Crippen molar-refractivity contribution in [1.82, 2.24) is 25.6 Å². The number of hydrogen-bond donors (Lipinski definition) is 3. The van der Waals surface area contributed by atoms with Crippen LogP contribution in [-0.4, -0.2) is 52.8 Å². The van der Waals surface area contributed by atoms with Gasteiger partial charge in [0.25, 0.3) is 5.91 Å². The number of amides is 2. The minimum Gasteiger partial charge on any atom is -0.496 e. The van der Waals surface area contributed by atoms with E-state index in [0.29, 0.717) is 34.6 Å². The average molecular weight is 480 g/mol. The predicted molar refractivity (Wildman–Crippen MR) is 133 cm³/mol. The molecular formula is C26H33N5O4. The van der Waals surface area contributed by atoms with E-state index in [-0.39, 0.29) is 24.1 Å². The predicted octanol–water partition coefficient (Wildman–Crippen LogP) is 4.59. The summed E-state index contributed by atoms with van der Waals surface area (Å²) in [5, 5.41) is 5.98. The summed E-state index contributed by atoms with van der Waals surface area (Å²) in [6.07, 6.45) is 10.4. The zero-order valence-electron chi connectivity index (χ0n) is 20.3. The number of ether oxygens (including phenoxy) is 2. The Balaban J connectivity index is 0.000000894. The molecule has 2 aliphatic carbocycles. The van der Waals surface area contributed by atoms with Crippen molar-refractivity contribution in [2.24, 2.45) is 0 Å². The third-order valence-electron chi connectivity index (χ3n) is 6.08.